The summed E-state index contributed by atoms with van der Waals surface area (Å²) in [6.07, 6.45) is 6.78. The second-order valence-corrected chi connectivity index (χ2v) is 10.8. The van der Waals surface area contributed by atoms with Crippen LogP contribution in [0.15, 0.2) is 61.1 Å². The molecule has 1 aliphatic rings. The first-order chi connectivity index (χ1) is 15.9. The van der Waals surface area contributed by atoms with Crippen molar-refractivity contribution in [3.8, 4) is 11.3 Å². The van der Waals surface area contributed by atoms with Gasteiger partial charge in [0.2, 0.25) is 10.0 Å². The lowest BCUT2D eigenvalue weighted by atomic mass is 10.1. The molecule has 0 aliphatic carbocycles. The number of sulfonamides is 1. The van der Waals surface area contributed by atoms with E-state index in [4.69, 9.17) is 4.98 Å². The maximum absolute atomic E-state index is 13.1. The average Bonchev–Trinajstić information content (AvgIpc) is 3.54. The molecule has 7 nitrogen and oxygen atoms in total. The van der Waals surface area contributed by atoms with Gasteiger partial charge in [-0.25, -0.2) is 17.8 Å². The number of H-pyrrole nitrogens is 1. The van der Waals surface area contributed by atoms with E-state index in [0.29, 0.717) is 13.0 Å². The number of nitrogens with one attached hydrogen (secondary N) is 1. The van der Waals surface area contributed by atoms with Crippen LogP contribution in [0.5, 0.6) is 0 Å². The smallest absolute Gasteiger partial charge is 0.214 e. The van der Waals surface area contributed by atoms with Crippen LogP contribution in [0.2, 0.25) is 0 Å². The lowest BCUT2D eigenvalue weighted by Gasteiger charge is -2.21. The highest BCUT2D eigenvalue weighted by Gasteiger charge is 2.36. The summed E-state index contributed by atoms with van der Waals surface area (Å²) in [5, 5.41) is 6.79. The molecule has 1 saturated heterocycles. The number of nitrogens with zero attached hydrogens (tertiary/aromatic N) is 4. The Kier molecular flexibility index (Phi) is 5.76. The van der Waals surface area contributed by atoms with E-state index < -0.39 is 10.0 Å². The molecule has 1 fully saturated rings. The number of rotatable bonds is 7. The van der Waals surface area contributed by atoms with Crippen molar-refractivity contribution in [2.24, 2.45) is 5.92 Å². The van der Waals surface area contributed by atoms with Gasteiger partial charge in [0, 0.05) is 37.1 Å². The number of aromatic amines is 1. The number of aromatic nitrogens is 4. The summed E-state index contributed by atoms with van der Waals surface area (Å²) in [5.74, 6) is -0.0594. The van der Waals surface area contributed by atoms with Gasteiger partial charge >= 0.3 is 0 Å². The fraction of sp³-hybridized carbons (Fsp3) is 0.333. The number of halogens is 1. The van der Waals surface area contributed by atoms with Gasteiger partial charge in [0.05, 0.1) is 28.7 Å². The first-order valence-electron chi connectivity index (χ1n) is 11.1. The van der Waals surface area contributed by atoms with Crippen molar-refractivity contribution in [2.75, 3.05) is 12.3 Å². The summed E-state index contributed by atoms with van der Waals surface area (Å²) in [5.41, 5.74) is 4.57. The van der Waals surface area contributed by atoms with Gasteiger partial charge < -0.3 is 4.57 Å². The maximum atomic E-state index is 13.1. The van der Waals surface area contributed by atoms with Crippen LogP contribution < -0.4 is 0 Å². The van der Waals surface area contributed by atoms with Crippen LogP contribution in [-0.2, 0) is 23.0 Å². The van der Waals surface area contributed by atoms with Gasteiger partial charge in [-0.05, 0) is 61.6 Å². The Labute approximate surface area is 192 Å². The van der Waals surface area contributed by atoms with Crippen molar-refractivity contribution < 1.29 is 12.8 Å². The van der Waals surface area contributed by atoms with E-state index in [9.17, 15) is 12.8 Å². The molecule has 0 amide bonds. The standard InChI is InChI=1S/C24H26FN5O2S/c1-17-12-19(16-30(17)33(31,32)11-9-18-2-4-21(25)5-3-18)15-29-10-8-23-24(29)7-6-22(28-23)20-13-26-27-14-20/h2-8,10,13-14,17,19H,9,11-12,15-16H2,1H3,(H,26,27)/t17-,19?/m1/s1. The maximum Gasteiger partial charge on any atom is 0.214 e. The Morgan fingerprint density at radius 1 is 1.15 bits per heavy atom. The fourth-order valence-corrected chi connectivity index (χ4v) is 6.51. The molecule has 3 aromatic heterocycles. The van der Waals surface area contributed by atoms with Crippen molar-refractivity contribution >= 4 is 21.1 Å². The Hall–Kier alpha value is -3.04. The fourth-order valence-electron chi connectivity index (χ4n) is 4.71. The Morgan fingerprint density at radius 2 is 1.97 bits per heavy atom. The zero-order chi connectivity index (χ0) is 23.0. The highest BCUT2D eigenvalue weighted by Crippen LogP contribution is 2.29. The highest BCUT2D eigenvalue weighted by atomic mass is 32.2. The van der Waals surface area contributed by atoms with Gasteiger partial charge in [0.15, 0.2) is 0 Å². The summed E-state index contributed by atoms with van der Waals surface area (Å²) in [6.45, 7) is 3.22. The number of aryl methyl sites for hydroxylation is 1. The van der Waals surface area contributed by atoms with Gasteiger partial charge in [0.25, 0.3) is 0 Å². The molecule has 4 aromatic rings. The van der Waals surface area contributed by atoms with Crippen LogP contribution >= 0.6 is 0 Å². The molecule has 0 bridgehead atoms. The van der Waals surface area contributed by atoms with E-state index in [1.54, 1.807) is 22.6 Å². The number of benzene rings is 1. The molecule has 33 heavy (non-hydrogen) atoms. The minimum absolute atomic E-state index is 0.0306. The number of fused-ring (bicyclic) bond motifs is 1. The molecule has 1 unspecified atom stereocenters. The minimum atomic E-state index is -3.39. The first-order valence-corrected chi connectivity index (χ1v) is 12.7. The van der Waals surface area contributed by atoms with E-state index in [-0.39, 0.29) is 23.5 Å². The zero-order valence-electron chi connectivity index (χ0n) is 18.4. The van der Waals surface area contributed by atoms with E-state index in [0.717, 1.165) is 40.8 Å². The molecule has 1 aromatic carbocycles. The third kappa shape index (κ3) is 4.56. The van der Waals surface area contributed by atoms with Crippen molar-refractivity contribution in [3.05, 3.63) is 72.4 Å². The van der Waals surface area contributed by atoms with Gasteiger partial charge in [0.1, 0.15) is 5.82 Å². The molecule has 1 N–H and O–H groups in total. The predicted molar refractivity (Wildman–Crippen MR) is 125 cm³/mol. The van der Waals surface area contributed by atoms with Gasteiger partial charge in [-0.1, -0.05) is 12.1 Å². The van der Waals surface area contributed by atoms with Gasteiger partial charge in [-0.2, -0.15) is 9.40 Å². The summed E-state index contributed by atoms with van der Waals surface area (Å²) < 4.78 is 42.9. The lowest BCUT2D eigenvalue weighted by Crippen LogP contribution is -2.36. The van der Waals surface area contributed by atoms with Crippen LogP contribution in [-0.4, -0.2) is 50.8 Å². The summed E-state index contributed by atoms with van der Waals surface area (Å²) in [6, 6.07) is 12.0. The van der Waals surface area contributed by atoms with Crippen molar-refractivity contribution in [1.82, 2.24) is 24.1 Å². The number of pyridine rings is 1. The van der Waals surface area contributed by atoms with Gasteiger partial charge in [-0.15, -0.1) is 0 Å². The Bertz CT molecular complexity index is 1350. The lowest BCUT2D eigenvalue weighted by molar-refractivity contribution is 0.399. The summed E-state index contributed by atoms with van der Waals surface area (Å²) in [7, 11) is -3.39. The zero-order valence-corrected chi connectivity index (χ0v) is 19.2. The van der Waals surface area contributed by atoms with Crippen molar-refractivity contribution in [2.45, 2.75) is 32.4 Å². The van der Waals surface area contributed by atoms with Crippen LogP contribution in [0.25, 0.3) is 22.3 Å². The van der Waals surface area contributed by atoms with E-state index in [1.807, 2.05) is 31.5 Å². The molecule has 9 heteroatoms. The van der Waals surface area contributed by atoms with Crippen LogP contribution in [0.4, 0.5) is 4.39 Å². The van der Waals surface area contributed by atoms with E-state index >= 15 is 0 Å². The molecule has 1 aliphatic heterocycles. The second kappa shape index (κ2) is 8.72. The molecule has 4 heterocycles. The Balaban J connectivity index is 1.26. The third-order valence-electron chi connectivity index (χ3n) is 6.40. The van der Waals surface area contributed by atoms with E-state index in [2.05, 4.69) is 20.8 Å². The van der Waals surface area contributed by atoms with Crippen LogP contribution in [0.1, 0.15) is 18.9 Å². The van der Waals surface area contributed by atoms with Gasteiger partial charge in [-0.3, -0.25) is 5.10 Å². The van der Waals surface area contributed by atoms with Crippen molar-refractivity contribution in [1.29, 1.82) is 0 Å². The largest absolute Gasteiger partial charge is 0.346 e. The van der Waals surface area contributed by atoms with Crippen molar-refractivity contribution in [3.63, 3.8) is 0 Å². The molecule has 0 saturated carbocycles. The number of hydrogen-bond donors (Lipinski definition) is 1. The molecular formula is C24H26FN5O2S. The highest BCUT2D eigenvalue weighted by molar-refractivity contribution is 7.89. The van der Waals surface area contributed by atoms with Crippen LogP contribution in [0.3, 0.4) is 0 Å². The summed E-state index contributed by atoms with van der Waals surface area (Å²) in [4.78, 5) is 4.73. The molecule has 172 valence electrons. The third-order valence-corrected chi connectivity index (χ3v) is 8.34. The normalized spacial score (nSPS) is 19.5. The minimum Gasteiger partial charge on any atom is -0.346 e. The monoisotopic (exact) mass is 467 g/mol. The SMILES string of the molecule is C[C@@H]1CC(Cn2ccc3nc(-c4cn[nH]c4)ccc32)CN1S(=O)(=O)CCc1ccc(F)cc1. The quantitative estimate of drug-likeness (QED) is 0.448. The van der Waals surface area contributed by atoms with Crippen LogP contribution in [0, 0.1) is 11.7 Å². The first kappa shape index (κ1) is 21.8. The molecule has 0 spiro atoms. The molecule has 0 radical (unpaired) electrons. The topological polar surface area (TPSA) is 83.9 Å². The molecule has 2 atom stereocenters. The summed E-state index contributed by atoms with van der Waals surface area (Å²) >= 11 is 0. The molecule has 5 rings (SSSR count). The predicted octanol–water partition coefficient (Wildman–Crippen LogP) is 3.85. The number of hydrogen-bond acceptors (Lipinski definition) is 4. The Morgan fingerprint density at radius 3 is 2.73 bits per heavy atom. The molecular weight excluding hydrogens is 441 g/mol. The average molecular weight is 468 g/mol. The second-order valence-electron chi connectivity index (χ2n) is 8.77. The van der Waals surface area contributed by atoms with E-state index in [1.165, 1.54) is 12.1 Å².